The summed E-state index contributed by atoms with van der Waals surface area (Å²) in [4.78, 5) is 28.0. The lowest BCUT2D eigenvalue weighted by Crippen LogP contribution is -2.39. The highest BCUT2D eigenvalue weighted by Crippen LogP contribution is 2.24. The molecule has 0 unspecified atom stereocenters. The first-order valence-corrected chi connectivity index (χ1v) is 6.65. The average molecular weight is 285 g/mol. The summed E-state index contributed by atoms with van der Waals surface area (Å²) in [5, 5.41) is 6.30. The first-order valence-electron chi connectivity index (χ1n) is 5.83. The van der Waals surface area contributed by atoms with Gasteiger partial charge in [0.15, 0.2) is 10.8 Å². The number of hydrogen-bond donors (Lipinski definition) is 2. The first-order chi connectivity index (χ1) is 8.81. The van der Waals surface area contributed by atoms with E-state index >= 15 is 0 Å². The van der Waals surface area contributed by atoms with Crippen LogP contribution < -0.4 is 10.6 Å². The zero-order chi connectivity index (χ0) is 14.6. The molecule has 0 aliphatic rings. The van der Waals surface area contributed by atoms with Crippen molar-refractivity contribution >= 4 is 28.3 Å². The van der Waals surface area contributed by atoms with Crippen LogP contribution in [0, 0.1) is 12.3 Å². The number of nitrogens with one attached hydrogen (secondary N) is 2. The zero-order valence-corrected chi connectivity index (χ0v) is 12.6. The number of anilines is 1. The number of methoxy groups -OCH3 is 1. The molecule has 0 saturated carbocycles. The standard InChI is InChI=1S/C12H19N3O3S/c1-7-8(9(16)18-5)15-11(19-7)14-6-12(2,3)10(17)13-4/h6H2,1-5H3,(H,13,17)(H,14,15). The quantitative estimate of drug-likeness (QED) is 0.800. The topological polar surface area (TPSA) is 80.3 Å². The third kappa shape index (κ3) is 3.66. The van der Waals surface area contributed by atoms with Crippen LogP contribution in [0.4, 0.5) is 5.13 Å². The largest absolute Gasteiger partial charge is 0.464 e. The van der Waals surface area contributed by atoms with Crippen molar-refractivity contribution in [1.29, 1.82) is 0 Å². The van der Waals surface area contributed by atoms with Crippen LogP contribution in [0.25, 0.3) is 0 Å². The lowest BCUT2D eigenvalue weighted by Gasteiger charge is -2.22. The van der Waals surface area contributed by atoms with Crippen molar-refractivity contribution < 1.29 is 14.3 Å². The molecule has 0 aliphatic heterocycles. The van der Waals surface area contributed by atoms with Crippen molar-refractivity contribution in [3.05, 3.63) is 10.6 Å². The lowest BCUT2D eigenvalue weighted by atomic mass is 9.92. The number of carbonyl (C=O) groups is 2. The molecule has 2 N–H and O–H groups in total. The van der Waals surface area contributed by atoms with Gasteiger partial charge < -0.3 is 15.4 Å². The van der Waals surface area contributed by atoms with E-state index in [2.05, 4.69) is 20.4 Å². The van der Waals surface area contributed by atoms with Crippen molar-refractivity contribution in [2.75, 3.05) is 26.0 Å². The van der Waals surface area contributed by atoms with Gasteiger partial charge in [0.2, 0.25) is 5.91 Å². The van der Waals surface area contributed by atoms with Crippen molar-refractivity contribution in [3.63, 3.8) is 0 Å². The third-order valence-corrected chi connectivity index (χ3v) is 3.63. The fourth-order valence-corrected chi connectivity index (χ4v) is 2.27. The summed E-state index contributed by atoms with van der Waals surface area (Å²) in [6, 6.07) is 0. The molecule has 6 nitrogen and oxygen atoms in total. The zero-order valence-electron chi connectivity index (χ0n) is 11.8. The maximum Gasteiger partial charge on any atom is 0.357 e. The second-order valence-electron chi connectivity index (χ2n) is 4.73. The molecule has 1 heterocycles. The molecule has 1 amide bonds. The van der Waals surface area contributed by atoms with Gasteiger partial charge in [-0.25, -0.2) is 9.78 Å². The van der Waals surface area contributed by atoms with Gasteiger partial charge in [0.05, 0.1) is 12.5 Å². The summed E-state index contributed by atoms with van der Waals surface area (Å²) >= 11 is 1.36. The molecule has 106 valence electrons. The second kappa shape index (κ2) is 6.01. The van der Waals surface area contributed by atoms with E-state index in [1.807, 2.05) is 13.8 Å². The minimum Gasteiger partial charge on any atom is -0.464 e. The smallest absolute Gasteiger partial charge is 0.357 e. The number of amides is 1. The number of esters is 1. The van der Waals surface area contributed by atoms with Gasteiger partial charge in [-0.3, -0.25) is 4.79 Å². The van der Waals surface area contributed by atoms with Crippen LogP contribution in [-0.2, 0) is 9.53 Å². The lowest BCUT2D eigenvalue weighted by molar-refractivity contribution is -0.128. The van der Waals surface area contributed by atoms with Crippen LogP contribution in [0.2, 0.25) is 0 Å². The molecule has 0 aromatic carbocycles. The van der Waals surface area contributed by atoms with Crippen molar-refractivity contribution in [2.45, 2.75) is 20.8 Å². The minimum atomic E-state index is -0.556. The molecule has 7 heteroatoms. The van der Waals surface area contributed by atoms with Crippen molar-refractivity contribution in [1.82, 2.24) is 10.3 Å². The van der Waals surface area contributed by atoms with Crippen LogP contribution in [0.3, 0.4) is 0 Å². The summed E-state index contributed by atoms with van der Waals surface area (Å²) in [6.45, 7) is 5.90. The Morgan fingerprint density at radius 1 is 1.42 bits per heavy atom. The van der Waals surface area contributed by atoms with Gasteiger partial charge in [0.25, 0.3) is 0 Å². The van der Waals surface area contributed by atoms with E-state index < -0.39 is 11.4 Å². The highest BCUT2D eigenvalue weighted by Gasteiger charge is 2.27. The summed E-state index contributed by atoms with van der Waals surface area (Å²) in [5.41, 5.74) is -0.243. The van der Waals surface area contributed by atoms with Gasteiger partial charge in [0, 0.05) is 18.5 Å². The maximum atomic E-state index is 11.6. The molecule has 0 bridgehead atoms. The first kappa shape index (κ1) is 15.4. The van der Waals surface area contributed by atoms with E-state index in [4.69, 9.17) is 0 Å². The highest BCUT2D eigenvalue weighted by atomic mass is 32.1. The average Bonchev–Trinajstić information content (AvgIpc) is 2.75. The number of rotatable bonds is 5. The van der Waals surface area contributed by atoms with Gasteiger partial charge >= 0.3 is 5.97 Å². The Balaban J connectivity index is 2.74. The summed E-state index contributed by atoms with van der Waals surface area (Å²) in [6.07, 6.45) is 0. The van der Waals surface area contributed by atoms with E-state index in [-0.39, 0.29) is 5.91 Å². The second-order valence-corrected chi connectivity index (χ2v) is 5.94. The monoisotopic (exact) mass is 285 g/mol. The number of ether oxygens (including phenoxy) is 1. The summed E-state index contributed by atoms with van der Waals surface area (Å²) < 4.78 is 4.64. The third-order valence-electron chi connectivity index (χ3n) is 2.70. The molecule has 0 saturated heterocycles. The molecule has 1 rings (SSSR count). The molecule has 1 aromatic heterocycles. The number of hydrogen-bond acceptors (Lipinski definition) is 6. The predicted molar refractivity (Wildman–Crippen MR) is 74.5 cm³/mol. The Hall–Kier alpha value is -1.63. The van der Waals surface area contributed by atoms with E-state index in [1.165, 1.54) is 18.4 Å². The number of aryl methyl sites for hydroxylation is 1. The maximum absolute atomic E-state index is 11.6. The number of thiazole rings is 1. The van der Waals surface area contributed by atoms with E-state index in [0.717, 1.165) is 4.88 Å². The Morgan fingerprint density at radius 3 is 2.58 bits per heavy atom. The van der Waals surface area contributed by atoms with E-state index in [9.17, 15) is 9.59 Å². The van der Waals surface area contributed by atoms with Gasteiger partial charge in [-0.2, -0.15) is 0 Å². The fraction of sp³-hybridized carbons (Fsp3) is 0.583. The van der Waals surface area contributed by atoms with Crippen LogP contribution in [0.5, 0.6) is 0 Å². The van der Waals surface area contributed by atoms with Crippen LogP contribution in [0.15, 0.2) is 0 Å². The Bertz CT molecular complexity index is 483. The molecule has 0 fully saturated rings. The molecule has 0 spiro atoms. The van der Waals surface area contributed by atoms with Crippen molar-refractivity contribution in [3.8, 4) is 0 Å². The van der Waals surface area contributed by atoms with Crippen LogP contribution >= 0.6 is 11.3 Å². The van der Waals surface area contributed by atoms with Gasteiger partial charge in [-0.05, 0) is 20.8 Å². The van der Waals surface area contributed by atoms with Gasteiger partial charge in [-0.1, -0.05) is 0 Å². The molecule has 1 aromatic rings. The molecule has 19 heavy (non-hydrogen) atoms. The molecule has 0 atom stereocenters. The predicted octanol–water partition coefficient (Wildman–Crippen LogP) is 1.42. The number of aromatic nitrogens is 1. The number of carbonyl (C=O) groups excluding carboxylic acids is 2. The van der Waals surface area contributed by atoms with E-state index in [1.54, 1.807) is 14.0 Å². The van der Waals surface area contributed by atoms with Gasteiger partial charge in [-0.15, -0.1) is 11.3 Å². The number of nitrogens with zero attached hydrogens (tertiary/aromatic N) is 1. The van der Waals surface area contributed by atoms with E-state index in [0.29, 0.717) is 17.4 Å². The molecule has 0 aliphatic carbocycles. The highest BCUT2D eigenvalue weighted by molar-refractivity contribution is 7.15. The summed E-state index contributed by atoms with van der Waals surface area (Å²) in [7, 11) is 2.93. The minimum absolute atomic E-state index is 0.0542. The van der Waals surface area contributed by atoms with Crippen LogP contribution in [0.1, 0.15) is 29.2 Å². The molecular weight excluding hydrogens is 266 g/mol. The molecule has 0 radical (unpaired) electrons. The van der Waals surface area contributed by atoms with Crippen LogP contribution in [-0.4, -0.2) is 37.6 Å². The Morgan fingerprint density at radius 2 is 2.05 bits per heavy atom. The fourth-order valence-electron chi connectivity index (χ4n) is 1.47. The normalized spacial score (nSPS) is 11.0. The molecular formula is C12H19N3O3S. The van der Waals surface area contributed by atoms with Gasteiger partial charge in [0.1, 0.15) is 0 Å². The van der Waals surface area contributed by atoms with Crippen molar-refractivity contribution in [2.24, 2.45) is 5.41 Å². The Labute approximate surface area is 116 Å². The summed E-state index contributed by atoms with van der Waals surface area (Å²) in [5.74, 6) is -0.506. The Kier molecular flexibility index (Phi) is 4.88. The SMILES string of the molecule is CNC(=O)C(C)(C)CNc1nc(C(=O)OC)c(C)s1.